The van der Waals surface area contributed by atoms with Crippen molar-refractivity contribution in [1.29, 1.82) is 0 Å². The molecule has 0 bridgehead atoms. The number of rotatable bonds is 6. The lowest BCUT2D eigenvalue weighted by Crippen LogP contribution is -2.40. The molecule has 2 unspecified atom stereocenters. The zero-order chi connectivity index (χ0) is 15.2. The van der Waals surface area contributed by atoms with Crippen LogP contribution in [0.1, 0.15) is 38.7 Å². The van der Waals surface area contributed by atoms with E-state index in [0.29, 0.717) is 18.6 Å². The molecule has 0 amide bonds. The quantitative estimate of drug-likeness (QED) is 0.481. The van der Waals surface area contributed by atoms with Crippen LogP contribution in [0.25, 0.3) is 0 Å². The van der Waals surface area contributed by atoms with Crippen molar-refractivity contribution in [2.75, 3.05) is 20.2 Å². The van der Waals surface area contributed by atoms with Gasteiger partial charge in [0, 0.05) is 13.1 Å². The van der Waals surface area contributed by atoms with Gasteiger partial charge in [0.15, 0.2) is 5.96 Å². The van der Waals surface area contributed by atoms with Gasteiger partial charge in [-0.1, -0.05) is 32.9 Å². The standard InChI is InChI=1S/C17H27N3O/c1-12(2)14-5-7-15(8-6-14)21-10-9-19-17(18-4)20-16-11-13(16)3/h5-8,12-13,16H,9-11H2,1-4H3,(H2,18,19,20). The number of benzene rings is 1. The van der Waals surface area contributed by atoms with Crippen molar-refractivity contribution in [3.63, 3.8) is 0 Å². The van der Waals surface area contributed by atoms with Crippen molar-refractivity contribution in [2.24, 2.45) is 10.9 Å². The number of hydrogen-bond acceptors (Lipinski definition) is 2. The predicted octanol–water partition coefficient (Wildman–Crippen LogP) is 2.76. The minimum Gasteiger partial charge on any atom is -0.492 e. The number of nitrogens with zero attached hydrogens (tertiary/aromatic N) is 1. The first-order valence-corrected chi connectivity index (χ1v) is 7.80. The minimum absolute atomic E-state index is 0.555. The van der Waals surface area contributed by atoms with E-state index in [-0.39, 0.29) is 0 Å². The monoisotopic (exact) mass is 289 g/mol. The van der Waals surface area contributed by atoms with Crippen molar-refractivity contribution in [3.05, 3.63) is 29.8 Å². The molecule has 4 heteroatoms. The molecule has 0 spiro atoms. The fraction of sp³-hybridized carbons (Fsp3) is 0.588. The van der Waals surface area contributed by atoms with Crippen LogP contribution >= 0.6 is 0 Å². The summed E-state index contributed by atoms with van der Waals surface area (Å²) in [6.45, 7) is 8.00. The highest BCUT2D eigenvalue weighted by Gasteiger charge is 2.33. The lowest BCUT2D eigenvalue weighted by molar-refractivity contribution is 0.321. The summed E-state index contributed by atoms with van der Waals surface area (Å²) in [7, 11) is 1.80. The Balaban J connectivity index is 1.66. The molecule has 0 radical (unpaired) electrons. The van der Waals surface area contributed by atoms with Gasteiger partial charge < -0.3 is 15.4 Å². The Kier molecular flexibility index (Phi) is 5.48. The number of guanidine groups is 1. The van der Waals surface area contributed by atoms with Crippen molar-refractivity contribution in [2.45, 2.75) is 39.2 Å². The highest BCUT2D eigenvalue weighted by atomic mass is 16.5. The summed E-state index contributed by atoms with van der Waals surface area (Å²) in [5.41, 5.74) is 1.34. The van der Waals surface area contributed by atoms with Crippen LogP contribution in [-0.4, -0.2) is 32.2 Å². The summed E-state index contributed by atoms with van der Waals surface area (Å²) >= 11 is 0. The summed E-state index contributed by atoms with van der Waals surface area (Å²) in [5, 5.41) is 6.67. The van der Waals surface area contributed by atoms with Gasteiger partial charge in [-0.3, -0.25) is 4.99 Å². The normalized spacial score (nSPS) is 21.3. The molecule has 1 aromatic rings. The molecule has 0 aromatic heterocycles. The van der Waals surface area contributed by atoms with Crippen LogP contribution < -0.4 is 15.4 Å². The van der Waals surface area contributed by atoms with Crippen molar-refractivity contribution < 1.29 is 4.74 Å². The van der Waals surface area contributed by atoms with Gasteiger partial charge in [0.25, 0.3) is 0 Å². The van der Waals surface area contributed by atoms with Crippen molar-refractivity contribution in [3.8, 4) is 5.75 Å². The summed E-state index contributed by atoms with van der Waals surface area (Å²) < 4.78 is 5.73. The molecule has 1 saturated carbocycles. The van der Waals surface area contributed by atoms with Crippen LogP contribution in [0.4, 0.5) is 0 Å². The average Bonchev–Trinajstić information content (AvgIpc) is 3.18. The molecule has 116 valence electrons. The van der Waals surface area contributed by atoms with Gasteiger partial charge in [-0.25, -0.2) is 0 Å². The zero-order valence-corrected chi connectivity index (χ0v) is 13.5. The molecule has 2 N–H and O–H groups in total. The van der Waals surface area contributed by atoms with Crippen LogP contribution in [0.15, 0.2) is 29.3 Å². The molecule has 2 rings (SSSR count). The third kappa shape index (κ3) is 4.96. The molecule has 1 aliphatic carbocycles. The molecule has 4 nitrogen and oxygen atoms in total. The van der Waals surface area contributed by atoms with Gasteiger partial charge in [0.1, 0.15) is 12.4 Å². The highest BCUT2D eigenvalue weighted by Crippen LogP contribution is 2.28. The number of nitrogens with one attached hydrogen (secondary N) is 2. The molecule has 1 aliphatic rings. The molecule has 2 atom stereocenters. The van der Waals surface area contributed by atoms with Gasteiger partial charge in [-0.15, -0.1) is 0 Å². The molecule has 21 heavy (non-hydrogen) atoms. The third-order valence-corrected chi connectivity index (χ3v) is 3.87. The van der Waals surface area contributed by atoms with E-state index in [1.165, 1.54) is 12.0 Å². The lowest BCUT2D eigenvalue weighted by atomic mass is 10.0. The third-order valence-electron chi connectivity index (χ3n) is 3.87. The van der Waals surface area contributed by atoms with E-state index in [1.54, 1.807) is 7.05 Å². The fourth-order valence-electron chi connectivity index (χ4n) is 2.18. The Morgan fingerprint density at radius 3 is 2.52 bits per heavy atom. The van der Waals surface area contributed by atoms with E-state index in [1.807, 2.05) is 12.1 Å². The SMILES string of the molecule is CN=C(NCCOc1ccc(C(C)C)cc1)NC1CC1C. The Morgan fingerprint density at radius 1 is 1.33 bits per heavy atom. The maximum absolute atomic E-state index is 5.73. The number of aliphatic imine (C=N–C) groups is 1. The van der Waals surface area contributed by atoms with E-state index in [4.69, 9.17) is 4.74 Å². The van der Waals surface area contributed by atoms with Gasteiger partial charge in [0.05, 0.1) is 6.54 Å². The molecule has 0 heterocycles. The molecule has 1 aromatic carbocycles. The minimum atomic E-state index is 0.555. The lowest BCUT2D eigenvalue weighted by Gasteiger charge is -2.12. The summed E-state index contributed by atoms with van der Waals surface area (Å²) in [5.74, 6) is 3.10. The van der Waals surface area contributed by atoms with Crippen molar-refractivity contribution in [1.82, 2.24) is 10.6 Å². The molecular weight excluding hydrogens is 262 g/mol. The largest absolute Gasteiger partial charge is 0.492 e. The Hall–Kier alpha value is -1.71. The van der Waals surface area contributed by atoms with E-state index in [9.17, 15) is 0 Å². The van der Waals surface area contributed by atoms with Crippen LogP contribution in [0.3, 0.4) is 0 Å². The molecular formula is C17H27N3O. The first-order valence-electron chi connectivity index (χ1n) is 7.80. The summed E-state index contributed by atoms with van der Waals surface area (Å²) in [6, 6.07) is 8.91. The second-order valence-corrected chi connectivity index (χ2v) is 6.04. The van der Waals surface area contributed by atoms with Crippen LogP contribution in [0.2, 0.25) is 0 Å². The topological polar surface area (TPSA) is 45.7 Å². The molecule has 0 aliphatic heterocycles. The zero-order valence-electron chi connectivity index (χ0n) is 13.5. The summed E-state index contributed by atoms with van der Waals surface area (Å²) in [4.78, 5) is 4.22. The van der Waals surface area contributed by atoms with Crippen LogP contribution in [-0.2, 0) is 0 Å². The Bertz CT molecular complexity index is 467. The van der Waals surface area contributed by atoms with Gasteiger partial charge in [-0.2, -0.15) is 0 Å². The maximum Gasteiger partial charge on any atom is 0.191 e. The van der Waals surface area contributed by atoms with E-state index in [0.717, 1.165) is 24.2 Å². The van der Waals surface area contributed by atoms with Crippen molar-refractivity contribution >= 4 is 5.96 Å². The van der Waals surface area contributed by atoms with Crippen LogP contribution in [0.5, 0.6) is 5.75 Å². The highest BCUT2D eigenvalue weighted by molar-refractivity contribution is 5.80. The van der Waals surface area contributed by atoms with E-state index in [2.05, 4.69) is 48.5 Å². The second-order valence-electron chi connectivity index (χ2n) is 6.04. The van der Waals surface area contributed by atoms with Gasteiger partial charge in [-0.05, 0) is 36.0 Å². The molecule has 1 fully saturated rings. The van der Waals surface area contributed by atoms with Gasteiger partial charge in [0.2, 0.25) is 0 Å². The first-order chi connectivity index (χ1) is 10.1. The summed E-state index contributed by atoms with van der Waals surface area (Å²) in [6.07, 6.45) is 1.24. The second kappa shape index (κ2) is 7.34. The van der Waals surface area contributed by atoms with Crippen LogP contribution in [0, 0.1) is 5.92 Å². The van der Waals surface area contributed by atoms with Gasteiger partial charge >= 0.3 is 0 Å². The maximum atomic E-state index is 5.73. The molecule has 0 saturated heterocycles. The smallest absolute Gasteiger partial charge is 0.191 e. The number of ether oxygens (including phenoxy) is 1. The first kappa shape index (κ1) is 15.7. The van der Waals surface area contributed by atoms with E-state index >= 15 is 0 Å². The average molecular weight is 289 g/mol. The number of hydrogen-bond donors (Lipinski definition) is 2. The van der Waals surface area contributed by atoms with E-state index < -0.39 is 0 Å². The Labute approximate surface area is 128 Å². The Morgan fingerprint density at radius 2 is 2.00 bits per heavy atom. The predicted molar refractivity (Wildman–Crippen MR) is 88.1 cm³/mol. The fourth-order valence-corrected chi connectivity index (χ4v) is 2.18.